The molecule has 1 fully saturated rings. The molecular formula is C27H32FN5O8. The summed E-state index contributed by atoms with van der Waals surface area (Å²) in [4.78, 5) is 40.7. The van der Waals surface area contributed by atoms with Crippen LogP contribution in [0.1, 0.15) is 42.5 Å². The van der Waals surface area contributed by atoms with Crippen LogP contribution in [0.5, 0.6) is 11.5 Å². The Morgan fingerprint density at radius 2 is 1.66 bits per heavy atom. The van der Waals surface area contributed by atoms with Crippen molar-refractivity contribution in [3.63, 3.8) is 0 Å². The number of hydrogen-bond donors (Lipinski definition) is 1. The molecule has 3 aromatic rings. The lowest BCUT2D eigenvalue weighted by molar-refractivity contribution is 0.0689. The average molecular weight is 574 g/mol. The number of amides is 1. The first-order chi connectivity index (χ1) is 19.9. The van der Waals surface area contributed by atoms with Gasteiger partial charge in [-0.2, -0.15) is 4.68 Å². The van der Waals surface area contributed by atoms with Crippen LogP contribution in [-0.2, 0) is 9.47 Å². The number of rotatable bonds is 12. The minimum absolute atomic E-state index is 0.0166. The largest absolute Gasteiger partial charge is 0.490 e. The van der Waals surface area contributed by atoms with E-state index >= 15 is 0 Å². The second-order valence-corrected chi connectivity index (χ2v) is 9.28. The summed E-state index contributed by atoms with van der Waals surface area (Å²) in [5.41, 5.74) is -1.24. The lowest BCUT2D eigenvalue weighted by Crippen LogP contribution is -2.47. The van der Waals surface area contributed by atoms with Gasteiger partial charge in [-0.15, -0.1) is 4.68 Å². The van der Waals surface area contributed by atoms with Gasteiger partial charge in [-0.05, 0) is 53.6 Å². The average Bonchev–Trinajstić information content (AvgIpc) is 3.35. The number of para-hydroxylation sites is 1. The van der Waals surface area contributed by atoms with Crippen molar-refractivity contribution >= 4 is 17.7 Å². The van der Waals surface area contributed by atoms with Gasteiger partial charge in [-0.25, -0.2) is 18.8 Å². The van der Waals surface area contributed by atoms with E-state index in [2.05, 4.69) is 10.4 Å². The maximum Gasteiger partial charge on any atom is 0.377 e. The van der Waals surface area contributed by atoms with Gasteiger partial charge >= 0.3 is 17.7 Å². The van der Waals surface area contributed by atoms with Crippen LogP contribution in [0.25, 0.3) is 5.69 Å². The predicted molar refractivity (Wildman–Crippen MR) is 144 cm³/mol. The Morgan fingerprint density at radius 1 is 0.976 bits per heavy atom. The fraction of sp³-hybridized carbons (Fsp3) is 0.444. The summed E-state index contributed by atoms with van der Waals surface area (Å²) in [6, 6.07) is 7.14. The molecule has 1 aromatic heterocycles. The van der Waals surface area contributed by atoms with Crippen LogP contribution in [0, 0.1) is 5.82 Å². The molecule has 0 atom stereocenters. The highest BCUT2D eigenvalue weighted by Crippen LogP contribution is 2.32. The summed E-state index contributed by atoms with van der Waals surface area (Å²) in [5, 5.41) is 17.4. The fourth-order valence-corrected chi connectivity index (χ4v) is 4.67. The quantitative estimate of drug-likeness (QED) is 0.253. The Morgan fingerprint density at radius 3 is 2.32 bits per heavy atom. The van der Waals surface area contributed by atoms with Gasteiger partial charge < -0.3 is 24.1 Å². The number of hydrogen-bond acceptors (Lipinski definition) is 9. The molecule has 1 heterocycles. The molecule has 0 aliphatic heterocycles. The van der Waals surface area contributed by atoms with E-state index in [0.717, 1.165) is 25.3 Å². The molecule has 1 N–H and O–H groups in total. The van der Waals surface area contributed by atoms with Crippen LogP contribution in [0.4, 0.5) is 14.9 Å². The highest BCUT2D eigenvalue weighted by Gasteiger charge is 2.32. The zero-order valence-electron chi connectivity index (χ0n) is 22.8. The van der Waals surface area contributed by atoms with E-state index in [-0.39, 0.29) is 60.9 Å². The number of methoxy groups -OCH3 is 2. The van der Waals surface area contributed by atoms with Crippen LogP contribution >= 0.6 is 0 Å². The second kappa shape index (κ2) is 13.9. The number of aromatic carboxylic acids is 1. The van der Waals surface area contributed by atoms with E-state index in [1.165, 1.54) is 43.4 Å². The van der Waals surface area contributed by atoms with Gasteiger partial charge in [0.1, 0.15) is 36.0 Å². The number of ether oxygens (including phenoxy) is 4. The standard InChI is InChI=1S/C27H32FN5O8/c1-38-13-15-40-22-12-11-19(17-20(22)25(34)35)31(18-7-4-3-5-8-18)26(36)33-27(37)32(29-30-33)24-21(28)9-6-10-23(24)41-16-14-39-2/h6,9-12,17-18H,3-5,7-8,13-16H2,1-2H3,(H,34,35). The fourth-order valence-electron chi connectivity index (χ4n) is 4.67. The number of carbonyl (C=O) groups excluding carboxylic acids is 1. The lowest BCUT2D eigenvalue weighted by atomic mass is 9.94. The van der Waals surface area contributed by atoms with E-state index in [1.54, 1.807) is 6.07 Å². The topological polar surface area (TPSA) is 147 Å². The number of carboxylic acids is 1. The number of halogens is 1. The Bertz CT molecular complexity index is 1420. The van der Waals surface area contributed by atoms with Gasteiger partial charge in [0.05, 0.1) is 13.2 Å². The zero-order valence-corrected chi connectivity index (χ0v) is 22.8. The third-order valence-electron chi connectivity index (χ3n) is 6.63. The third-order valence-corrected chi connectivity index (χ3v) is 6.63. The molecule has 41 heavy (non-hydrogen) atoms. The number of tetrazole rings is 1. The summed E-state index contributed by atoms with van der Waals surface area (Å²) in [6.45, 7) is 0.697. The highest BCUT2D eigenvalue weighted by atomic mass is 19.1. The Labute approximate surface area is 235 Å². The van der Waals surface area contributed by atoms with E-state index in [9.17, 15) is 23.9 Å². The summed E-state index contributed by atoms with van der Waals surface area (Å²) >= 11 is 0. The molecule has 1 aliphatic rings. The van der Waals surface area contributed by atoms with Crippen molar-refractivity contribution in [2.24, 2.45) is 0 Å². The second-order valence-electron chi connectivity index (χ2n) is 9.28. The SMILES string of the molecule is COCCOc1ccc(N(C(=O)n2nnn(-c3c(F)cccc3OCCOC)c2=O)C2CCCCC2)cc1C(=O)O. The Balaban J connectivity index is 1.74. The van der Waals surface area contributed by atoms with Crippen molar-refractivity contribution in [3.05, 3.63) is 58.3 Å². The first-order valence-corrected chi connectivity index (χ1v) is 13.2. The molecular weight excluding hydrogens is 541 g/mol. The number of carboxylic acid groups (broad SMARTS) is 1. The van der Waals surface area contributed by atoms with E-state index < -0.39 is 23.5 Å². The molecule has 1 aliphatic carbocycles. The van der Waals surface area contributed by atoms with Crippen molar-refractivity contribution in [2.45, 2.75) is 38.1 Å². The molecule has 1 saturated carbocycles. The van der Waals surface area contributed by atoms with E-state index in [1.807, 2.05) is 0 Å². The number of aromatic nitrogens is 4. The van der Waals surface area contributed by atoms with Crippen LogP contribution in [0.3, 0.4) is 0 Å². The first kappa shape index (κ1) is 29.7. The Hall–Kier alpha value is -4.30. The summed E-state index contributed by atoms with van der Waals surface area (Å²) in [5.74, 6) is -1.93. The first-order valence-electron chi connectivity index (χ1n) is 13.2. The summed E-state index contributed by atoms with van der Waals surface area (Å²) in [6.07, 6.45) is 3.94. The van der Waals surface area contributed by atoms with Crippen LogP contribution in [0.15, 0.2) is 41.2 Å². The van der Waals surface area contributed by atoms with Crippen LogP contribution < -0.4 is 20.1 Å². The summed E-state index contributed by atoms with van der Waals surface area (Å²) in [7, 11) is 2.98. The van der Waals surface area contributed by atoms with Gasteiger partial charge in [0.25, 0.3) is 0 Å². The number of nitrogens with zero attached hydrogens (tertiary/aromatic N) is 5. The van der Waals surface area contributed by atoms with Gasteiger partial charge in [0, 0.05) is 25.9 Å². The lowest BCUT2D eigenvalue weighted by Gasteiger charge is -2.34. The monoisotopic (exact) mass is 573 g/mol. The van der Waals surface area contributed by atoms with Crippen molar-refractivity contribution in [1.29, 1.82) is 0 Å². The molecule has 220 valence electrons. The van der Waals surface area contributed by atoms with Crippen molar-refractivity contribution < 1.29 is 38.0 Å². The van der Waals surface area contributed by atoms with Gasteiger partial charge in [-0.1, -0.05) is 25.3 Å². The predicted octanol–water partition coefficient (Wildman–Crippen LogP) is 3.12. The smallest absolute Gasteiger partial charge is 0.377 e. The normalized spacial score (nSPS) is 13.6. The molecule has 0 saturated heterocycles. The van der Waals surface area contributed by atoms with Gasteiger partial charge in [-0.3, -0.25) is 4.90 Å². The van der Waals surface area contributed by atoms with Crippen molar-refractivity contribution in [1.82, 2.24) is 19.8 Å². The molecule has 13 nitrogen and oxygen atoms in total. The van der Waals surface area contributed by atoms with Crippen molar-refractivity contribution in [3.8, 4) is 17.2 Å². The Kier molecular flexibility index (Phi) is 10.0. The maximum atomic E-state index is 14.9. The highest BCUT2D eigenvalue weighted by molar-refractivity contribution is 5.97. The molecule has 0 spiro atoms. The van der Waals surface area contributed by atoms with Gasteiger partial charge in [0.15, 0.2) is 5.82 Å². The minimum atomic E-state index is -1.25. The summed E-state index contributed by atoms with van der Waals surface area (Å²) < 4.78 is 37.1. The van der Waals surface area contributed by atoms with Crippen molar-refractivity contribution in [2.75, 3.05) is 45.5 Å². The van der Waals surface area contributed by atoms with Crippen LogP contribution in [0.2, 0.25) is 0 Å². The van der Waals surface area contributed by atoms with Crippen LogP contribution in [-0.4, -0.2) is 83.6 Å². The molecule has 0 bridgehead atoms. The zero-order chi connectivity index (χ0) is 29.4. The number of carbonyl (C=O) groups is 2. The minimum Gasteiger partial charge on any atom is -0.490 e. The molecule has 0 unspecified atom stereocenters. The maximum absolute atomic E-state index is 14.9. The number of benzene rings is 2. The molecule has 2 aromatic carbocycles. The molecule has 0 radical (unpaired) electrons. The third kappa shape index (κ3) is 6.72. The van der Waals surface area contributed by atoms with E-state index in [4.69, 9.17) is 18.9 Å². The number of anilines is 1. The molecule has 4 rings (SSSR count). The van der Waals surface area contributed by atoms with Gasteiger partial charge in [0.2, 0.25) is 0 Å². The molecule has 1 amide bonds. The molecule has 14 heteroatoms. The van der Waals surface area contributed by atoms with E-state index in [0.29, 0.717) is 22.2 Å².